The summed E-state index contributed by atoms with van der Waals surface area (Å²) in [6, 6.07) is 6.88. The van der Waals surface area contributed by atoms with Crippen LogP contribution in [-0.4, -0.2) is 64.1 Å². The Balaban J connectivity index is 1.60. The molecule has 0 radical (unpaired) electrons. The Morgan fingerprint density at radius 3 is 2.65 bits per heavy atom. The van der Waals surface area contributed by atoms with Gasteiger partial charge in [-0.3, -0.25) is 9.78 Å². The normalized spacial score (nSPS) is 14.3. The van der Waals surface area contributed by atoms with Gasteiger partial charge in [0.15, 0.2) is 0 Å². The number of nitrogens with two attached hydrogens (primary N) is 1. The summed E-state index contributed by atoms with van der Waals surface area (Å²) < 4.78 is 6.10. The molecule has 4 rings (SSSR count). The molecular weight excluding hydrogens is 476 g/mol. The van der Waals surface area contributed by atoms with Gasteiger partial charge in [-0.05, 0) is 36.9 Å². The fourth-order valence-corrected chi connectivity index (χ4v) is 4.63. The van der Waals surface area contributed by atoms with E-state index in [-0.39, 0.29) is 23.8 Å². The number of primary amides is 1. The van der Waals surface area contributed by atoms with E-state index in [1.165, 1.54) is 11.8 Å². The number of rotatable bonds is 8. The maximum atomic E-state index is 11.5. The summed E-state index contributed by atoms with van der Waals surface area (Å²) >= 11 is 7.60. The van der Waals surface area contributed by atoms with Crippen LogP contribution in [0, 0.1) is 0 Å². The molecule has 1 fully saturated rings. The van der Waals surface area contributed by atoms with E-state index in [9.17, 15) is 9.90 Å². The average Bonchev–Trinajstić information content (AvgIpc) is 2.84. The summed E-state index contributed by atoms with van der Waals surface area (Å²) in [6.07, 6.45) is 5.04. The summed E-state index contributed by atoms with van der Waals surface area (Å²) in [7, 11) is 2.09. The molecular formula is C23H25ClN6O3S. The van der Waals surface area contributed by atoms with Crippen LogP contribution >= 0.6 is 23.4 Å². The Labute approximate surface area is 206 Å². The number of nitrogens with zero attached hydrogens (tertiary/aromatic N) is 5. The quantitative estimate of drug-likeness (QED) is 0.481. The van der Waals surface area contributed by atoms with Gasteiger partial charge in [-0.25, -0.2) is 4.98 Å². The lowest BCUT2D eigenvalue weighted by molar-refractivity contribution is 0.100. The molecule has 3 heterocycles. The number of halogens is 1. The Bertz CT molecular complexity index is 1170. The molecule has 0 unspecified atom stereocenters. The highest BCUT2D eigenvalue weighted by Gasteiger charge is 2.19. The van der Waals surface area contributed by atoms with Crippen molar-refractivity contribution in [3.05, 3.63) is 64.6 Å². The highest BCUT2D eigenvalue weighted by atomic mass is 35.5. The number of hydrogen-bond acceptors (Lipinski definition) is 9. The third-order valence-electron chi connectivity index (χ3n) is 5.34. The largest absolute Gasteiger partial charge is 0.472 e. The van der Waals surface area contributed by atoms with Crippen LogP contribution in [0.3, 0.4) is 0 Å². The smallest absolute Gasteiger partial charge is 0.250 e. The lowest BCUT2D eigenvalue weighted by atomic mass is 10.2. The number of ether oxygens (including phenoxy) is 1. The van der Waals surface area contributed by atoms with Crippen molar-refractivity contribution < 1.29 is 14.6 Å². The second kappa shape index (κ2) is 11.0. The maximum absolute atomic E-state index is 11.5. The molecule has 11 heteroatoms. The molecule has 9 nitrogen and oxygen atoms in total. The van der Waals surface area contributed by atoms with Gasteiger partial charge < -0.3 is 25.4 Å². The number of aromatic nitrogens is 3. The van der Waals surface area contributed by atoms with Crippen LogP contribution in [0.2, 0.25) is 5.02 Å². The Morgan fingerprint density at radius 1 is 1.18 bits per heavy atom. The molecule has 0 spiro atoms. The number of hydrogen-bond donors (Lipinski definition) is 2. The van der Waals surface area contributed by atoms with Gasteiger partial charge in [0.05, 0.1) is 28.3 Å². The molecule has 34 heavy (non-hydrogen) atoms. The zero-order valence-electron chi connectivity index (χ0n) is 18.6. The molecule has 0 bridgehead atoms. The number of aliphatic hydroxyl groups is 1. The van der Waals surface area contributed by atoms with Crippen molar-refractivity contribution in [2.45, 2.75) is 23.0 Å². The van der Waals surface area contributed by atoms with E-state index in [2.05, 4.69) is 26.8 Å². The van der Waals surface area contributed by atoms with E-state index >= 15 is 0 Å². The first-order valence-electron chi connectivity index (χ1n) is 10.7. The number of anilines is 1. The predicted molar refractivity (Wildman–Crippen MR) is 130 cm³/mol. The van der Waals surface area contributed by atoms with Crippen LogP contribution < -0.4 is 15.4 Å². The van der Waals surface area contributed by atoms with Gasteiger partial charge in [-0.2, -0.15) is 4.98 Å². The Kier molecular flexibility index (Phi) is 7.84. The fourth-order valence-electron chi connectivity index (χ4n) is 3.42. The summed E-state index contributed by atoms with van der Waals surface area (Å²) in [5.41, 5.74) is 7.14. The zero-order chi connectivity index (χ0) is 24.1. The van der Waals surface area contributed by atoms with E-state index in [4.69, 9.17) is 27.1 Å². The monoisotopic (exact) mass is 500 g/mol. The third kappa shape index (κ3) is 5.95. The fraction of sp³-hybridized carbons (Fsp3) is 0.304. The van der Waals surface area contributed by atoms with Crippen LogP contribution in [0.1, 0.15) is 21.5 Å². The first-order chi connectivity index (χ1) is 16.4. The maximum Gasteiger partial charge on any atom is 0.250 e. The molecule has 0 atom stereocenters. The van der Waals surface area contributed by atoms with Crippen LogP contribution in [0.4, 0.5) is 5.95 Å². The van der Waals surface area contributed by atoms with Gasteiger partial charge in [0, 0.05) is 49.0 Å². The van der Waals surface area contributed by atoms with Crippen molar-refractivity contribution >= 4 is 35.2 Å². The summed E-state index contributed by atoms with van der Waals surface area (Å²) in [4.78, 5) is 30.8. The number of benzene rings is 1. The van der Waals surface area contributed by atoms with Crippen molar-refractivity contribution in [1.82, 2.24) is 19.9 Å². The number of likely N-dealkylation sites (N-methyl/N-ethyl adjacent to an activating group) is 1. The number of pyridine rings is 1. The second-order valence-corrected chi connectivity index (χ2v) is 9.41. The van der Waals surface area contributed by atoms with E-state index in [1.54, 1.807) is 36.8 Å². The minimum Gasteiger partial charge on any atom is -0.472 e. The topological polar surface area (TPSA) is 118 Å². The molecule has 2 aromatic heterocycles. The average molecular weight is 501 g/mol. The van der Waals surface area contributed by atoms with Crippen molar-refractivity contribution in [3.8, 4) is 5.88 Å². The van der Waals surface area contributed by atoms with Crippen LogP contribution in [0.25, 0.3) is 0 Å². The molecule has 3 N–H and O–H groups in total. The van der Waals surface area contributed by atoms with Crippen molar-refractivity contribution in [3.63, 3.8) is 0 Å². The van der Waals surface area contributed by atoms with Gasteiger partial charge in [0.25, 0.3) is 0 Å². The molecule has 1 aliphatic heterocycles. The van der Waals surface area contributed by atoms with Crippen molar-refractivity contribution in [1.29, 1.82) is 0 Å². The van der Waals surface area contributed by atoms with Crippen molar-refractivity contribution in [2.24, 2.45) is 5.73 Å². The van der Waals surface area contributed by atoms with Crippen LogP contribution in [-0.2, 0) is 13.2 Å². The molecule has 1 saturated heterocycles. The van der Waals surface area contributed by atoms with Gasteiger partial charge >= 0.3 is 0 Å². The predicted octanol–water partition coefficient (Wildman–Crippen LogP) is 2.60. The van der Waals surface area contributed by atoms with E-state index in [1.807, 2.05) is 6.07 Å². The molecule has 0 saturated carbocycles. The van der Waals surface area contributed by atoms with E-state index < -0.39 is 5.91 Å². The molecule has 1 amide bonds. The lowest BCUT2D eigenvalue weighted by Gasteiger charge is -2.32. The van der Waals surface area contributed by atoms with Crippen LogP contribution in [0.5, 0.6) is 5.88 Å². The van der Waals surface area contributed by atoms with Gasteiger partial charge in [-0.1, -0.05) is 23.4 Å². The Hall–Kier alpha value is -2.92. The first-order valence-corrected chi connectivity index (χ1v) is 11.9. The van der Waals surface area contributed by atoms with E-state index in [0.29, 0.717) is 22.3 Å². The summed E-state index contributed by atoms with van der Waals surface area (Å²) in [5, 5.41) is 9.66. The molecule has 1 aromatic carbocycles. The summed E-state index contributed by atoms with van der Waals surface area (Å²) in [6.45, 7) is 3.66. The minimum absolute atomic E-state index is 0.0922. The number of piperazine rings is 1. The molecule has 178 valence electrons. The van der Waals surface area contributed by atoms with Gasteiger partial charge in [0.1, 0.15) is 6.61 Å². The third-order valence-corrected chi connectivity index (χ3v) is 6.64. The number of carbonyl (C=O) groups excluding carboxylic acids is 1. The molecule has 3 aromatic rings. The number of aliphatic hydroxyl groups excluding tert-OH is 1. The second-order valence-electron chi connectivity index (χ2n) is 7.89. The molecule has 1 aliphatic rings. The van der Waals surface area contributed by atoms with Gasteiger partial charge in [0.2, 0.25) is 17.7 Å². The summed E-state index contributed by atoms with van der Waals surface area (Å²) in [5.74, 6) is 0.458. The SMILES string of the molecule is CN1CCN(c2ncc(Sc3ccc(C(N)=O)c(Cl)c3)c(OCc3cncc(CO)c3)n2)CC1. The Morgan fingerprint density at radius 2 is 1.94 bits per heavy atom. The zero-order valence-corrected chi connectivity index (χ0v) is 20.2. The highest BCUT2D eigenvalue weighted by Crippen LogP contribution is 2.36. The van der Waals surface area contributed by atoms with Crippen LogP contribution in [0.15, 0.2) is 52.6 Å². The highest BCUT2D eigenvalue weighted by molar-refractivity contribution is 7.99. The van der Waals surface area contributed by atoms with Crippen molar-refractivity contribution in [2.75, 3.05) is 38.1 Å². The minimum atomic E-state index is -0.579. The van der Waals surface area contributed by atoms with Gasteiger partial charge in [-0.15, -0.1) is 0 Å². The molecule has 0 aliphatic carbocycles. The first kappa shape index (κ1) is 24.2. The number of amides is 1. The number of carbonyl (C=O) groups is 1. The standard InChI is InChI=1S/C23H25ClN6O3S/c1-29-4-6-30(7-5-29)23-27-12-20(34-17-2-3-18(21(25)32)19(24)9-17)22(28-23)33-14-16-8-15(13-31)10-26-11-16/h2-3,8-12,31H,4-7,13-14H2,1H3,(H2,25,32). The van der Waals surface area contributed by atoms with E-state index in [0.717, 1.165) is 36.6 Å². The lowest BCUT2D eigenvalue weighted by Crippen LogP contribution is -2.45.